The molecule has 32 heavy (non-hydrogen) atoms. The summed E-state index contributed by atoms with van der Waals surface area (Å²) in [6.07, 6.45) is 8.84. The standard InChI is InChI=1S/C26H25N3O3/c1-32-23-14-19(17-8-4-2-5-9-17)12-13-20(23)21-15-27-25-22(26(30)31)16-28-29(25)24(21)18-10-6-3-7-11-18/h2,4-5,8-9,12-16,18H,3,6-7,10-11H2,1H3,(H,30,31). The minimum absolute atomic E-state index is 0.125. The smallest absolute Gasteiger partial charge is 0.341 e. The normalized spacial score (nSPS) is 14.5. The molecule has 0 radical (unpaired) electrons. The fourth-order valence-corrected chi connectivity index (χ4v) is 4.80. The molecule has 4 aromatic rings. The van der Waals surface area contributed by atoms with E-state index in [0.717, 1.165) is 59.4 Å². The molecule has 2 aromatic heterocycles. The molecule has 0 amide bonds. The molecular formula is C26H25N3O3. The molecule has 5 rings (SSSR count). The minimum atomic E-state index is -1.01. The number of rotatable bonds is 5. The number of aromatic carboxylic acids is 1. The molecule has 1 N–H and O–H groups in total. The van der Waals surface area contributed by atoms with Gasteiger partial charge in [-0.25, -0.2) is 14.3 Å². The van der Waals surface area contributed by atoms with Crippen LogP contribution in [0.4, 0.5) is 0 Å². The summed E-state index contributed by atoms with van der Waals surface area (Å²) in [5, 5.41) is 14.0. The summed E-state index contributed by atoms with van der Waals surface area (Å²) in [5.74, 6) is 0.0408. The molecule has 0 saturated heterocycles. The summed E-state index contributed by atoms with van der Waals surface area (Å²) >= 11 is 0. The predicted octanol–water partition coefficient (Wildman–Crippen LogP) is 5.82. The van der Waals surface area contributed by atoms with Crippen molar-refractivity contribution in [3.8, 4) is 28.0 Å². The Labute approximate surface area is 186 Å². The average Bonchev–Trinajstić information content (AvgIpc) is 3.29. The quantitative estimate of drug-likeness (QED) is 0.434. The van der Waals surface area contributed by atoms with E-state index in [1.807, 2.05) is 24.3 Å². The van der Waals surface area contributed by atoms with Gasteiger partial charge in [-0.2, -0.15) is 5.10 Å². The number of benzene rings is 2. The number of methoxy groups -OCH3 is 1. The lowest BCUT2D eigenvalue weighted by molar-refractivity contribution is 0.0698. The van der Waals surface area contributed by atoms with E-state index in [-0.39, 0.29) is 5.56 Å². The van der Waals surface area contributed by atoms with E-state index < -0.39 is 5.97 Å². The van der Waals surface area contributed by atoms with Crippen molar-refractivity contribution in [2.24, 2.45) is 0 Å². The number of hydrogen-bond donors (Lipinski definition) is 1. The molecule has 1 aliphatic rings. The lowest BCUT2D eigenvalue weighted by Gasteiger charge is -2.25. The molecule has 2 heterocycles. The van der Waals surface area contributed by atoms with Gasteiger partial charge in [0.05, 0.1) is 19.0 Å². The highest BCUT2D eigenvalue weighted by Gasteiger charge is 2.26. The van der Waals surface area contributed by atoms with E-state index in [0.29, 0.717) is 11.6 Å². The van der Waals surface area contributed by atoms with Gasteiger partial charge in [0, 0.05) is 23.2 Å². The number of fused-ring (bicyclic) bond motifs is 1. The van der Waals surface area contributed by atoms with Crippen LogP contribution in [0.2, 0.25) is 0 Å². The molecule has 162 valence electrons. The Morgan fingerprint density at radius 3 is 2.50 bits per heavy atom. The van der Waals surface area contributed by atoms with Crippen molar-refractivity contribution in [1.29, 1.82) is 0 Å². The van der Waals surface area contributed by atoms with E-state index in [4.69, 9.17) is 4.74 Å². The fourth-order valence-electron chi connectivity index (χ4n) is 4.80. The van der Waals surface area contributed by atoms with E-state index in [1.54, 1.807) is 17.8 Å². The maximum Gasteiger partial charge on any atom is 0.341 e. The monoisotopic (exact) mass is 427 g/mol. The van der Waals surface area contributed by atoms with Crippen molar-refractivity contribution >= 4 is 11.6 Å². The van der Waals surface area contributed by atoms with Crippen LogP contribution in [0.1, 0.15) is 54.1 Å². The maximum absolute atomic E-state index is 11.7. The third kappa shape index (κ3) is 3.51. The first kappa shape index (κ1) is 20.2. The average molecular weight is 428 g/mol. The first-order valence-electron chi connectivity index (χ1n) is 11.0. The van der Waals surface area contributed by atoms with Gasteiger partial charge in [-0.3, -0.25) is 0 Å². The molecule has 0 spiro atoms. The largest absolute Gasteiger partial charge is 0.496 e. The van der Waals surface area contributed by atoms with Crippen molar-refractivity contribution in [2.75, 3.05) is 7.11 Å². The zero-order valence-electron chi connectivity index (χ0n) is 18.0. The highest BCUT2D eigenvalue weighted by molar-refractivity contribution is 5.94. The second-order valence-electron chi connectivity index (χ2n) is 8.27. The molecule has 0 bridgehead atoms. The van der Waals surface area contributed by atoms with Gasteiger partial charge < -0.3 is 9.84 Å². The number of carboxylic acids is 1. The van der Waals surface area contributed by atoms with E-state index >= 15 is 0 Å². The molecule has 0 atom stereocenters. The molecule has 1 aliphatic carbocycles. The Kier molecular flexibility index (Phi) is 5.35. The zero-order chi connectivity index (χ0) is 22.1. The van der Waals surface area contributed by atoms with Gasteiger partial charge >= 0.3 is 5.97 Å². The summed E-state index contributed by atoms with van der Waals surface area (Å²) < 4.78 is 7.54. The maximum atomic E-state index is 11.7. The molecule has 6 heteroatoms. The molecule has 6 nitrogen and oxygen atoms in total. The lowest BCUT2D eigenvalue weighted by atomic mass is 9.83. The van der Waals surface area contributed by atoms with E-state index in [2.05, 4.69) is 34.3 Å². The van der Waals surface area contributed by atoms with Gasteiger partial charge in [-0.05, 0) is 36.1 Å². The number of nitrogens with zero attached hydrogens (tertiary/aromatic N) is 3. The Hall–Kier alpha value is -3.67. The van der Waals surface area contributed by atoms with Crippen LogP contribution in [0.15, 0.2) is 60.9 Å². The first-order chi connectivity index (χ1) is 15.7. The summed E-state index contributed by atoms with van der Waals surface area (Å²) in [6, 6.07) is 16.4. The van der Waals surface area contributed by atoms with Crippen LogP contribution in [0, 0.1) is 0 Å². The highest BCUT2D eigenvalue weighted by atomic mass is 16.5. The van der Waals surface area contributed by atoms with Crippen molar-refractivity contribution in [1.82, 2.24) is 14.6 Å². The third-order valence-electron chi connectivity index (χ3n) is 6.39. The van der Waals surface area contributed by atoms with Crippen LogP contribution < -0.4 is 4.74 Å². The van der Waals surface area contributed by atoms with Gasteiger partial charge in [-0.1, -0.05) is 55.7 Å². The third-order valence-corrected chi connectivity index (χ3v) is 6.39. The van der Waals surface area contributed by atoms with E-state index in [9.17, 15) is 9.90 Å². The van der Waals surface area contributed by atoms with Crippen LogP contribution in [0.25, 0.3) is 27.9 Å². The molecule has 0 unspecified atom stereocenters. The topological polar surface area (TPSA) is 76.7 Å². The van der Waals surface area contributed by atoms with Crippen molar-refractivity contribution in [3.05, 3.63) is 72.2 Å². The Bertz CT molecular complexity index is 1270. The zero-order valence-corrected chi connectivity index (χ0v) is 18.0. The minimum Gasteiger partial charge on any atom is -0.496 e. The second kappa shape index (κ2) is 8.46. The predicted molar refractivity (Wildman–Crippen MR) is 123 cm³/mol. The van der Waals surface area contributed by atoms with Crippen LogP contribution in [-0.4, -0.2) is 32.8 Å². The summed E-state index contributed by atoms with van der Waals surface area (Å²) in [4.78, 5) is 16.2. The van der Waals surface area contributed by atoms with Crippen molar-refractivity contribution in [3.63, 3.8) is 0 Å². The van der Waals surface area contributed by atoms with Gasteiger partial charge in [0.2, 0.25) is 0 Å². The number of ether oxygens (including phenoxy) is 1. The van der Waals surface area contributed by atoms with E-state index in [1.165, 1.54) is 12.6 Å². The van der Waals surface area contributed by atoms with Crippen molar-refractivity contribution in [2.45, 2.75) is 38.0 Å². The fraction of sp³-hybridized carbons (Fsp3) is 0.269. The Balaban J connectivity index is 1.70. The summed E-state index contributed by atoms with van der Waals surface area (Å²) in [7, 11) is 1.68. The van der Waals surface area contributed by atoms with Crippen LogP contribution in [0.3, 0.4) is 0 Å². The first-order valence-corrected chi connectivity index (χ1v) is 11.0. The summed E-state index contributed by atoms with van der Waals surface area (Å²) in [6.45, 7) is 0. The molecule has 1 fully saturated rings. The summed E-state index contributed by atoms with van der Waals surface area (Å²) in [5.41, 5.74) is 5.62. The number of aromatic nitrogens is 3. The highest BCUT2D eigenvalue weighted by Crippen LogP contribution is 2.42. The van der Waals surface area contributed by atoms with Gasteiger partial charge in [0.25, 0.3) is 0 Å². The lowest BCUT2D eigenvalue weighted by Crippen LogP contribution is -2.13. The van der Waals surface area contributed by atoms with Crippen molar-refractivity contribution < 1.29 is 14.6 Å². The Morgan fingerprint density at radius 1 is 1.00 bits per heavy atom. The van der Waals surface area contributed by atoms with Crippen LogP contribution >= 0.6 is 0 Å². The molecule has 1 saturated carbocycles. The van der Waals surface area contributed by atoms with Crippen LogP contribution in [-0.2, 0) is 0 Å². The Morgan fingerprint density at radius 2 is 1.78 bits per heavy atom. The SMILES string of the molecule is COc1cc(-c2ccccc2)ccc1-c1cnc2c(C(=O)O)cnn2c1C1CCCCC1. The molecular weight excluding hydrogens is 402 g/mol. The van der Waals surface area contributed by atoms with Gasteiger partial charge in [0.1, 0.15) is 11.3 Å². The number of carbonyl (C=O) groups is 1. The second-order valence-corrected chi connectivity index (χ2v) is 8.27. The van der Waals surface area contributed by atoms with Crippen LogP contribution in [0.5, 0.6) is 5.75 Å². The molecule has 2 aromatic carbocycles. The number of hydrogen-bond acceptors (Lipinski definition) is 4. The van der Waals surface area contributed by atoms with Gasteiger partial charge in [-0.15, -0.1) is 0 Å². The molecule has 0 aliphatic heterocycles. The van der Waals surface area contributed by atoms with Gasteiger partial charge in [0.15, 0.2) is 5.65 Å². The number of carboxylic acid groups (broad SMARTS) is 1.